The maximum Gasteiger partial charge on any atom is 0.418 e. The van der Waals surface area contributed by atoms with Crippen molar-refractivity contribution in [3.05, 3.63) is 23.8 Å². The van der Waals surface area contributed by atoms with Crippen LogP contribution in [-0.2, 0) is 6.18 Å². The van der Waals surface area contributed by atoms with Gasteiger partial charge in [-0.25, -0.2) is 0 Å². The fourth-order valence-electron chi connectivity index (χ4n) is 2.20. The Morgan fingerprint density at radius 1 is 1.32 bits per heavy atom. The van der Waals surface area contributed by atoms with Gasteiger partial charge in [0.05, 0.1) is 5.56 Å². The average molecular weight is 272 g/mol. The molecule has 19 heavy (non-hydrogen) atoms. The van der Waals surface area contributed by atoms with Crippen LogP contribution in [0.4, 0.5) is 24.5 Å². The Morgan fingerprint density at radius 2 is 1.95 bits per heavy atom. The molecule has 5 heteroatoms. The molecule has 0 heterocycles. The normalized spacial score (nSPS) is 15.9. The predicted octanol–water partition coefficient (Wildman–Crippen LogP) is 3.91. The maximum absolute atomic E-state index is 13.1. The van der Waals surface area contributed by atoms with Crippen molar-refractivity contribution in [3.63, 3.8) is 0 Å². The van der Waals surface area contributed by atoms with Gasteiger partial charge in [-0.05, 0) is 50.8 Å². The van der Waals surface area contributed by atoms with E-state index in [0.717, 1.165) is 18.9 Å². The van der Waals surface area contributed by atoms with E-state index in [2.05, 4.69) is 0 Å². The van der Waals surface area contributed by atoms with Crippen LogP contribution in [0, 0.1) is 5.92 Å². The van der Waals surface area contributed by atoms with E-state index in [-0.39, 0.29) is 17.4 Å². The highest BCUT2D eigenvalue weighted by atomic mass is 19.4. The summed E-state index contributed by atoms with van der Waals surface area (Å²) in [4.78, 5) is 1.83. The molecule has 0 aromatic heterocycles. The first kappa shape index (κ1) is 14.0. The van der Waals surface area contributed by atoms with Crippen LogP contribution >= 0.6 is 0 Å². The van der Waals surface area contributed by atoms with Gasteiger partial charge >= 0.3 is 6.18 Å². The molecule has 0 aliphatic heterocycles. The monoisotopic (exact) mass is 272 g/mol. The third-order valence-corrected chi connectivity index (χ3v) is 3.41. The lowest BCUT2D eigenvalue weighted by atomic mass is 10.1. The lowest BCUT2D eigenvalue weighted by molar-refractivity contribution is -0.137. The van der Waals surface area contributed by atoms with Gasteiger partial charge in [-0.1, -0.05) is 0 Å². The van der Waals surface area contributed by atoms with Crippen LogP contribution in [0.1, 0.15) is 32.3 Å². The Hall–Kier alpha value is -1.39. The molecule has 0 saturated heterocycles. The maximum atomic E-state index is 13.1. The number of rotatable bonds is 4. The summed E-state index contributed by atoms with van der Waals surface area (Å²) < 4.78 is 39.4. The Bertz CT molecular complexity index is 450. The van der Waals surface area contributed by atoms with Crippen molar-refractivity contribution in [1.82, 2.24) is 0 Å². The van der Waals surface area contributed by atoms with Crippen molar-refractivity contribution in [2.45, 2.75) is 38.9 Å². The van der Waals surface area contributed by atoms with Crippen LogP contribution in [0.25, 0.3) is 0 Å². The Morgan fingerprint density at radius 3 is 2.42 bits per heavy atom. The first-order valence-corrected chi connectivity index (χ1v) is 6.52. The van der Waals surface area contributed by atoms with Crippen molar-refractivity contribution in [3.8, 4) is 0 Å². The number of alkyl halides is 3. The number of nitrogen functional groups attached to an aromatic ring is 1. The fraction of sp³-hybridized carbons (Fsp3) is 0.571. The number of hydrogen-bond donors (Lipinski definition) is 1. The van der Waals surface area contributed by atoms with Crippen LogP contribution < -0.4 is 10.6 Å². The molecule has 2 N–H and O–H groups in total. The SMILES string of the molecule is CC(C)N(CC1CC1)c1ccc(N)cc1C(F)(F)F. The minimum Gasteiger partial charge on any atom is -0.399 e. The van der Waals surface area contributed by atoms with E-state index in [9.17, 15) is 13.2 Å². The largest absolute Gasteiger partial charge is 0.418 e. The smallest absolute Gasteiger partial charge is 0.399 e. The topological polar surface area (TPSA) is 29.3 Å². The number of nitrogens with zero attached hydrogens (tertiary/aromatic N) is 1. The predicted molar refractivity (Wildman–Crippen MR) is 71.1 cm³/mol. The molecule has 0 unspecified atom stereocenters. The lowest BCUT2D eigenvalue weighted by Crippen LogP contribution is -2.34. The summed E-state index contributed by atoms with van der Waals surface area (Å²) in [6, 6.07) is 4.08. The second-order valence-corrected chi connectivity index (χ2v) is 5.46. The number of hydrogen-bond acceptors (Lipinski definition) is 2. The molecule has 0 spiro atoms. The minimum atomic E-state index is -4.37. The standard InChI is InChI=1S/C14H19F3N2/c1-9(2)19(8-10-3-4-10)13-6-5-11(18)7-12(13)14(15,16)17/h5-7,9-10H,3-4,8,18H2,1-2H3. The minimum absolute atomic E-state index is 0.0327. The van der Waals surface area contributed by atoms with Gasteiger partial charge in [0.15, 0.2) is 0 Å². The van der Waals surface area contributed by atoms with Gasteiger partial charge in [0, 0.05) is 24.0 Å². The zero-order valence-electron chi connectivity index (χ0n) is 11.2. The summed E-state index contributed by atoms with van der Waals surface area (Å²) in [6.07, 6.45) is -2.15. The van der Waals surface area contributed by atoms with Gasteiger partial charge in [-0.2, -0.15) is 13.2 Å². The number of benzene rings is 1. The van der Waals surface area contributed by atoms with Crippen LogP contribution in [0.2, 0.25) is 0 Å². The van der Waals surface area contributed by atoms with E-state index in [1.54, 1.807) is 0 Å². The molecular weight excluding hydrogens is 253 g/mol. The van der Waals surface area contributed by atoms with Gasteiger partial charge in [-0.3, -0.25) is 0 Å². The average Bonchev–Trinajstić information content (AvgIpc) is 3.08. The van der Waals surface area contributed by atoms with E-state index >= 15 is 0 Å². The molecule has 1 aromatic rings. The molecule has 1 saturated carbocycles. The van der Waals surface area contributed by atoms with Crippen molar-refractivity contribution in [2.75, 3.05) is 17.2 Å². The van der Waals surface area contributed by atoms with E-state index in [0.29, 0.717) is 12.5 Å². The first-order chi connectivity index (χ1) is 8.79. The first-order valence-electron chi connectivity index (χ1n) is 6.52. The Labute approximate surface area is 111 Å². The second kappa shape index (κ2) is 4.94. The van der Waals surface area contributed by atoms with Gasteiger partial charge in [0.1, 0.15) is 0 Å². The zero-order valence-corrected chi connectivity index (χ0v) is 11.2. The van der Waals surface area contributed by atoms with Crippen LogP contribution in [0.15, 0.2) is 18.2 Å². The van der Waals surface area contributed by atoms with Crippen molar-refractivity contribution in [2.24, 2.45) is 5.92 Å². The van der Waals surface area contributed by atoms with Crippen LogP contribution in [0.3, 0.4) is 0 Å². The van der Waals surface area contributed by atoms with Gasteiger partial charge in [-0.15, -0.1) is 0 Å². The highest BCUT2D eigenvalue weighted by molar-refractivity contribution is 5.61. The van der Waals surface area contributed by atoms with Crippen molar-refractivity contribution >= 4 is 11.4 Å². The summed E-state index contributed by atoms with van der Waals surface area (Å²) in [5.74, 6) is 0.529. The molecule has 0 bridgehead atoms. The summed E-state index contributed by atoms with van der Waals surface area (Å²) in [7, 11) is 0. The van der Waals surface area contributed by atoms with Crippen LogP contribution in [-0.4, -0.2) is 12.6 Å². The van der Waals surface area contributed by atoms with Gasteiger partial charge < -0.3 is 10.6 Å². The molecular formula is C14H19F3N2. The Balaban J connectivity index is 2.40. The summed E-state index contributed by atoms with van der Waals surface area (Å²) >= 11 is 0. The molecule has 1 aromatic carbocycles. The third-order valence-electron chi connectivity index (χ3n) is 3.41. The summed E-state index contributed by atoms with van der Waals surface area (Å²) in [5.41, 5.74) is 5.24. The zero-order chi connectivity index (χ0) is 14.2. The van der Waals surface area contributed by atoms with Gasteiger partial charge in [0.2, 0.25) is 0 Å². The number of anilines is 2. The lowest BCUT2D eigenvalue weighted by Gasteiger charge is -2.31. The summed E-state index contributed by atoms with van der Waals surface area (Å²) in [6.45, 7) is 4.52. The molecule has 1 aliphatic carbocycles. The second-order valence-electron chi connectivity index (χ2n) is 5.46. The molecule has 0 amide bonds. The number of nitrogens with two attached hydrogens (primary N) is 1. The molecule has 106 valence electrons. The van der Waals surface area contributed by atoms with E-state index in [4.69, 9.17) is 5.73 Å². The third kappa shape index (κ3) is 3.33. The molecule has 1 aliphatic rings. The van der Waals surface area contributed by atoms with E-state index < -0.39 is 11.7 Å². The Kier molecular flexibility index (Phi) is 3.65. The van der Waals surface area contributed by atoms with E-state index in [1.165, 1.54) is 12.1 Å². The van der Waals surface area contributed by atoms with Crippen LogP contribution in [0.5, 0.6) is 0 Å². The molecule has 2 nitrogen and oxygen atoms in total. The van der Waals surface area contributed by atoms with Crippen molar-refractivity contribution in [1.29, 1.82) is 0 Å². The molecule has 0 radical (unpaired) electrons. The quantitative estimate of drug-likeness (QED) is 0.842. The molecule has 0 atom stereocenters. The highest BCUT2D eigenvalue weighted by Crippen LogP contribution is 2.40. The van der Waals surface area contributed by atoms with Crippen molar-refractivity contribution < 1.29 is 13.2 Å². The number of halogens is 3. The fourth-order valence-corrected chi connectivity index (χ4v) is 2.20. The highest BCUT2D eigenvalue weighted by Gasteiger charge is 2.36. The molecule has 2 rings (SSSR count). The van der Waals surface area contributed by atoms with Gasteiger partial charge in [0.25, 0.3) is 0 Å². The van der Waals surface area contributed by atoms with E-state index in [1.807, 2.05) is 18.7 Å². The molecule has 1 fully saturated rings. The summed E-state index contributed by atoms with van der Waals surface area (Å²) in [5, 5.41) is 0.